The molecular weight excluding hydrogens is 456 g/mol. The molecule has 5 nitrogen and oxygen atoms in total. The molecule has 0 saturated heterocycles. The first-order valence-corrected chi connectivity index (χ1v) is 11.2. The lowest BCUT2D eigenvalue weighted by Gasteiger charge is -2.14. The zero-order valence-electron chi connectivity index (χ0n) is 19.0. The highest BCUT2D eigenvalue weighted by molar-refractivity contribution is 6.06. The normalized spacial score (nSPS) is 10.5. The van der Waals surface area contributed by atoms with E-state index in [9.17, 15) is 4.79 Å². The molecule has 2 aromatic heterocycles. The largest absolute Gasteiger partial charge is 0.347 e. The number of rotatable bonds is 6. The van der Waals surface area contributed by atoms with E-state index in [1.165, 1.54) is 0 Å². The third-order valence-electron chi connectivity index (χ3n) is 5.80. The maximum Gasteiger partial charge on any atom is 0.270 e. The van der Waals surface area contributed by atoms with Crippen molar-refractivity contribution < 1.29 is 4.79 Å². The summed E-state index contributed by atoms with van der Waals surface area (Å²) < 4.78 is 0. The Bertz CT molecular complexity index is 1440. The summed E-state index contributed by atoms with van der Waals surface area (Å²) in [4.78, 5) is 22.5. The third kappa shape index (κ3) is 5.22. The predicted octanol–water partition coefficient (Wildman–Crippen LogP) is 5.77. The Morgan fingerprint density at radius 2 is 1.49 bits per heavy atom. The van der Waals surface area contributed by atoms with Gasteiger partial charge in [0, 0.05) is 35.8 Å². The molecule has 3 aromatic carbocycles. The van der Waals surface area contributed by atoms with Crippen LogP contribution in [0.4, 0.5) is 0 Å². The van der Waals surface area contributed by atoms with Gasteiger partial charge in [-0.3, -0.25) is 9.78 Å². The Kier molecular flexibility index (Phi) is 7.51. The zero-order chi connectivity index (χ0) is 23.3. The Hall–Kier alpha value is -4.06. The molecule has 2 heterocycles. The van der Waals surface area contributed by atoms with E-state index in [1.54, 1.807) is 6.20 Å². The number of aromatic nitrogens is 2. The van der Waals surface area contributed by atoms with Gasteiger partial charge in [-0.2, -0.15) is 0 Å². The van der Waals surface area contributed by atoms with E-state index in [2.05, 4.69) is 10.3 Å². The van der Waals surface area contributed by atoms with Crippen molar-refractivity contribution in [1.82, 2.24) is 15.3 Å². The topological polar surface area (TPSA) is 80.9 Å². The number of hydrogen-bond acceptors (Lipinski definition) is 4. The predicted molar refractivity (Wildman–Crippen MR) is 143 cm³/mol. The molecule has 3 N–H and O–H groups in total. The van der Waals surface area contributed by atoms with Crippen molar-refractivity contribution in [1.29, 1.82) is 0 Å². The fourth-order valence-corrected chi connectivity index (χ4v) is 4.00. The molecule has 5 aromatic rings. The minimum atomic E-state index is -0.227. The number of hydrogen-bond donors (Lipinski definition) is 2. The van der Waals surface area contributed by atoms with Crippen LogP contribution in [0.5, 0.6) is 0 Å². The van der Waals surface area contributed by atoms with Crippen LogP contribution < -0.4 is 11.1 Å². The van der Waals surface area contributed by atoms with E-state index in [-0.39, 0.29) is 18.3 Å². The van der Waals surface area contributed by atoms with Gasteiger partial charge in [-0.1, -0.05) is 84.9 Å². The van der Waals surface area contributed by atoms with E-state index >= 15 is 0 Å². The number of halogens is 1. The smallest absolute Gasteiger partial charge is 0.270 e. The van der Waals surface area contributed by atoms with Crippen LogP contribution in [0.2, 0.25) is 0 Å². The molecule has 0 aliphatic carbocycles. The minimum Gasteiger partial charge on any atom is -0.347 e. The first-order valence-electron chi connectivity index (χ1n) is 11.2. The SMILES string of the molecule is Cl.NCc1ccc(-c2nc3ccnc(C(=O)NCc4ccccc4)c3cc2-c2ccccc2)cc1. The molecule has 0 saturated carbocycles. The molecule has 0 bridgehead atoms. The average molecular weight is 481 g/mol. The van der Waals surface area contributed by atoms with Crippen LogP contribution >= 0.6 is 12.4 Å². The molecule has 5 rings (SSSR count). The molecule has 0 radical (unpaired) electrons. The quantitative estimate of drug-likeness (QED) is 0.323. The number of nitrogens with one attached hydrogen (secondary N) is 1. The highest BCUT2D eigenvalue weighted by Crippen LogP contribution is 2.34. The summed E-state index contributed by atoms with van der Waals surface area (Å²) in [5.41, 5.74) is 12.8. The number of nitrogens with zero attached hydrogens (tertiary/aromatic N) is 2. The first-order chi connectivity index (χ1) is 16.7. The van der Waals surface area contributed by atoms with Gasteiger partial charge in [0.2, 0.25) is 0 Å². The van der Waals surface area contributed by atoms with Crippen molar-refractivity contribution in [3.8, 4) is 22.4 Å². The lowest BCUT2D eigenvalue weighted by atomic mass is 9.96. The number of amides is 1. The van der Waals surface area contributed by atoms with E-state index in [0.717, 1.165) is 39.0 Å². The molecule has 6 heteroatoms. The lowest BCUT2D eigenvalue weighted by molar-refractivity contribution is 0.0948. The number of fused-ring (bicyclic) bond motifs is 1. The van der Waals surface area contributed by atoms with Gasteiger partial charge in [0.15, 0.2) is 0 Å². The number of pyridine rings is 2. The van der Waals surface area contributed by atoms with Gasteiger partial charge in [-0.05, 0) is 28.8 Å². The number of carbonyl (C=O) groups is 1. The van der Waals surface area contributed by atoms with Gasteiger partial charge < -0.3 is 11.1 Å². The van der Waals surface area contributed by atoms with E-state index in [4.69, 9.17) is 10.7 Å². The van der Waals surface area contributed by atoms with Crippen molar-refractivity contribution in [2.45, 2.75) is 13.1 Å². The Morgan fingerprint density at radius 1 is 0.800 bits per heavy atom. The maximum atomic E-state index is 13.1. The van der Waals surface area contributed by atoms with Crippen LogP contribution in [0.25, 0.3) is 33.3 Å². The molecule has 35 heavy (non-hydrogen) atoms. The van der Waals surface area contributed by atoms with Gasteiger partial charge in [-0.15, -0.1) is 12.4 Å². The van der Waals surface area contributed by atoms with Crippen molar-refractivity contribution in [3.05, 3.63) is 120 Å². The van der Waals surface area contributed by atoms with Crippen molar-refractivity contribution >= 4 is 29.2 Å². The minimum absolute atomic E-state index is 0. The Balaban J connectivity index is 0.00000289. The molecule has 1 amide bonds. The first kappa shape index (κ1) is 24.1. The third-order valence-corrected chi connectivity index (χ3v) is 5.80. The number of carbonyl (C=O) groups excluding carboxylic acids is 1. The summed E-state index contributed by atoms with van der Waals surface area (Å²) in [6.45, 7) is 0.923. The van der Waals surface area contributed by atoms with E-state index < -0.39 is 0 Å². The van der Waals surface area contributed by atoms with Gasteiger partial charge >= 0.3 is 0 Å². The van der Waals surface area contributed by atoms with Crippen LogP contribution in [-0.4, -0.2) is 15.9 Å². The van der Waals surface area contributed by atoms with E-state index in [0.29, 0.717) is 24.2 Å². The fourth-order valence-electron chi connectivity index (χ4n) is 4.00. The summed E-state index contributed by atoms with van der Waals surface area (Å²) in [6.07, 6.45) is 1.64. The molecular formula is C29H25ClN4O. The number of nitrogens with two attached hydrogens (primary N) is 1. The lowest BCUT2D eigenvalue weighted by Crippen LogP contribution is -2.24. The Labute approximate surface area is 210 Å². The van der Waals surface area contributed by atoms with Crippen LogP contribution in [0.15, 0.2) is 103 Å². The summed E-state index contributed by atoms with van der Waals surface area (Å²) >= 11 is 0. The van der Waals surface area contributed by atoms with Crippen LogP contribution in [0, 0.1) is 0 Å². The van der Waals surface area contributed by atoms with Crippen molar-refractivity contribution in [2.75, 3.05) is 0 Å². The van der Waals surface area contributed by atoms with Crippen LogP contribution in [0.3, 0.4) is 0 Å². The highest BCUT2D eigenvalue weighted by atomic mass is 35.5. The Morgan fingerprint density at radius 3 is 2.17 bits per heavy atom. The standard InChI is InChI=1S/C29H24N4O.ClH/c30-18-20-11-13-23(14-12-20)27-24(22-9-5-2-6-10-22)17-25-26(33-27)15-16-31-28(25)29(34)32-19-21-7-3-1-4-8-21;/h1-17H,18-19,30H2,(H,32,34);1H. The average Bonchev–Trinajstić information content (AvgIpc) is 2.91. The van der Waals surface area contributed by atoms with Crippen LogP contribution in [0.1, 0.15) is 21.6 Å². The van der Waals surface area contributed by atoms with E-state index in [1.807, 2.05) is 97.1 Å². The molecule has 0 aliphatic heterocycles. The monoisotopic (exact) mass is 480 g/mol. The zero-order valence-corrected chi connectivity index (χ0v) is 19.8. The fraction of sp³-hybridized carbons (Fsp3) is 0.0690. The van der Waals surface area contributed by atoms with Gasteiger partial charge in [0.05, 0.1) is 11.2 Å². The second-order valence-electron chi connectivity index (χ2n) is 8.05. The molecule has 174 valence electrons. The van der Waals surface area contributed by atoms with Crippen LogP contribution in [-0.2, 0) is 13.1 Å². The molecule has 0 unspecified atom stereocenters. The molecule has 0 atom stereocenters. The summed E-state index contributed by atoms with van der Waals surface area (Å²) in [5.74, 6) is -0.227. The second kappa shape index (κ2) is 10.9. The molecule has 0 aliphatic rings. The van der Waals surface area contributed by atoms with Gasteiger partial charge in [0.1, 0.15) is 5.69 Å². The van der Waals surface area contributed by atoms with Crippen molar-refractivity contribution in [2.24, 2.45) is 5.73 Å². The number of benzene rings is 3. The summed E-state index contributed by atoms with van der Waals surface area (Å²) in [7, 11) is 0. The summed E-state index contributed by atoms with van der Waals surface area (Å²) in [6, 6.07) is 31.9. The van der Waals surface area contributed by atoms with Gasteiger partial charge in [0.25, 0.3) is 5.91 Å². The van der Waals surface area contributed by atoms with Crippen molar-refractivity contribution in [3.63, 3.8) is 0 Å². The molecule has 0 spiro atoms. The second-order valence-corrected chi connectivity index (χ2v) is 8.05. The summed E-state index contributed by atoms with van der Waals surface area (Å²) in [5, 5.41) is 3.70. The maximum absolute atomic E-state index is 13.1. The van der Waals surface area contributed by atoms with Gasteiger partial charge in [-0.25, -0.2) is 4.98 Å². The highest BCUT2D eigenvalue weighted by Gasteiger charge is 2.17. The molecule has 0 fully saturated rings.